The molecule has 0 heterocycles. The molecule has 0 aliphatic carbocycles. The Kier molecular flexibility index (Phi) is 4.32. The van der Waals surface area contributed by atoms with Crippen LogP contribution in [-0.2, 0) is 0 Å². The highest BCUT2D eigenvalue weighted by Crippen LogP contribution is 2.26. The third-order valence-corrected chi connectivity index (χ3v) is 2.30. The molecule has 0 aliphatic heterocycles. The number of benzene rings is 1. The number of hydrazine groups is 1. The first-order valence-electron chi connectivity index (χ1n) is 5.06. The highest BCUT2D eigenvalue weighted by Gasteiger charge is 2.21. The van der Waals surface area contributed by atoms with Crippen LogP contribution < -0.4 is 11.3 Å². The average Bonchev–Trinajstić information content (AvgIpc) is 2.13. The predicted octanol–water partition coefficient (Wildman–Crippen LogP) is 2.65. The molecule has 0 amide bonds. The minimum atomic E-state index is -0.931. The maximum atomic E-state index is 13.4. The van der Waals surface area contributed by atoms with Gasteiger partial charge in [-0.1, -0.05) is 13.8 Å². The molecule has 1 atom stereocenters. The zero-order valence-corrected chi connectivity index (χ0v) is 9.23. The van der Waals surface area contributed by atoms with Crippen molar-refractivity contribution in [3.05, 3.63) is 35.1 Å². The van der Waals surface area contributed by atoms with Gasteiger partial charge in [0.25, 0.3) is 0 Å². The Bertz CT molecular complexity index is 343. The molecule has 5 heteroatoms. The summed E-state index contributed by atoms with van der Waals surface area (Å²) in [5, 5.41) is 0. The SMILES string of the molecule is CC(C)CC(NN)c1c(F)cc(F)cc1F. The normalized spacial score (nSPS) is 13.2. The van der Waals surface area contributed by atoms with Crippen molar-refractivity contribution in [2.45, 2.75) is 26.3 Å². The van der Waals surface area contributed by atoms with Gasteiger partial charge in [-0.2, -0.15) is 0 Å². The van der Waals surface area contributed by atoms with E-state index in [2.05, 4.69) is 5.43 Å². The van der Waals surface area contributed by atoms with Crippen LogP contribution >= 0.6 is 0 Å². The van der Waals surface area contributed by atoms with Gasteiger partial charge < -0.3 is 0 Å². The zero-order valence-electron chi connectivity index (χ0n) is 9.23. The van der Waals surface area contributed by atoms with Crippen LogP contribution in [0.1, 0.15) is 31.9 Å². The molecule has 0 aliphatic rings. The summed E-state index contributed by atoms with van der Waals surface area (Å²) < 4.78 is 39.6. The van der Waals surface area contributed by atoms with Crippen LogP contribution in [0.3, 0.4) is 0 Å². The molecule has 1 rings (SSSR count). The number of hydrogen-bond acceptors (Lipinski definition) is 2. The van der Waals surface area contributed by atoms with E-state index in [9.17, 15) is 13.2 Å². The van der Waals surface area contributed by atoms with Gasteiger partial charge in [-0.25, -0.2) is 13.2 Å². The molecule has 3 N–H and O–H groups in total. The first kappa shape index (κ1) is 13.0. The van der Waals surface area contributed by atoms with Crippen LogP contribution in [0.15, 0.2) is 12.1 Å². The average molecular weight is 232 g/mol. The number of nitrogens with two attached hydrogens (primary N) is 1. The van der Waals surface area contributed by atoms with Crippen molar-refractivity contribution in [1.29, 1.82) is 0 Å². The molecule has 0 fully saturated rings. The van der Waals surface area contributed by atoms with Crippen LogP contribution in [0, 0.1) is 23.4 Å². The van der Waals surface area contributed by atoms with Crippen molar-refractivity contribution >= 4 is 0 Å². The molecule has 0 aromatic heterocycles. The molecule has 1 aromatic carbocycles. The lowest BCUT2D eigenvalue weighted by Crippen LogP contribution is -2.30. The Morgan fingerprint density at radius 3 is 2.06 bits per heavy atom. The topological polar surface area (TPSA) is 38.0 Å². The lowest BCUT2D eigenvalue weighted by atomic mass is 9.96. The second-order valence-corrected chi connectivity index (χ2v) is 4.13. The highest BCUT2D eigenvalue weighted by atomic mass is 19.1. The lowest BCUT2D eigenvalue weighted by Gasteiger charge is -2.19. The van der Waals surface area contributed by atoms with Crippen LogP contribution in [0.2, 0.25) is 0 Å². The summed E-state index contributed by atoms with van der Waals surface area (Å²) in [5.41, 5.74) is 2.14. The van der Waals surface area contributed by atoms with Crippen LogP contribution in [0.5, 0.6) is 0 Å². The summed E-state index contributed by atoms with van der Waals surface area (Å²) in [7, 11) is 0. The Labute approximate surface area is 92.6 Å². The van der Waals surface area contributed by atoms with Gasteiger partial charge in [-0.3, -0.25) is 11.3 Å². The van der Waals surface area contributed by atoms with Crippen LogP contribution in [-0.4, -0.2) is 0 Å². The summed E-state index contributed by atoms with van der Waals surface area (Å²) in [4.78, 5) is 0. The molecule has 2 nitrogen and oxygen atoms in total. The van der Waals surface area contributed by atoms with E-state index in [1.54, 1.807) is 0 Å². The standard InChI is InChI=1S/C11H15F3N2/c1-6(2)3-10(16-15)11-8(13)4-7(12)5-9(11)14/h4-6,10,16H,3,15H2,1-2H3. The number of nitrogens with one attached hydrogen (secondary N) is 1. The molecular formula is C11H15F3N2. The molecule has 0 saturated heterocycles. The third kappa shape index (κ3) is 2.96. The van der Waals surface area contributed by atoms with E-state index in [-0.39, 0.29) is 11.5 Å². The molecule has 1 unspecified atom stereocenters. The first-order chi connectivity index (χ1) is 7.45. The molecule has 16 heavy (non-hydrogen) atoms. The lowest BCUT2D eigenvalue weighted by molar-refractivity contribution is 0.402. The fraction of sp³-hybridized carbons (Fsp3) is 0.455. The predicted molar refractivity (Wildman–Crippen MR) is 55.8 cm³/mol. The Morgan fingerprint density at radius 1 is 1.19 bits per heavy atom. The molecule has 0 bridgehead atoms. The first-order valence-corrected chi connectivity index (χ1v) is 5.06. The van der Waals surface area contributed by atoms with Crippen LogP contribution in [0.4, 0.5) is 13.2 Å². The third-order valence-electron chi connectivity index (χ3n) is 2.30. The second-order valence-electron chi connectivity index (χ2n) is 4.13. The van der Waals surface area contributed by atoms with E-state index in [0.717, 1.165) is 0 Å². The second kappa shape index (κ2) is 5.32. The van der Waals surface area contributed by atoms with Gasteiger partial charge in [0.15, 0.2) is 0 Å². The van der Waals surface area contributed by atoms with E-state index in [1.807, 2.05) is 13.8 Å². The Morgan fingerprint density at radius 2 is 1.69 bits per heavy atom. The summed E-state index contributed by atoms with van der Waals surface area (Å²) >= 11 is 0. The summed E-state index contributed by atoms with van der Waals surface area (Å²) in [6.07, 6.45) is 0.468. The molecule has 90 valence electrons. The van der Waals surface area contributed by atoms with E-state index in [0.29, 0.717) is 18.6 Å². The van der Waals surface area contributed by atoms with E-state index in [4.69, 9.17) is 5.84 Å². The van der Waals surface area contributed by atoms with Gasteiger partial charge in [0, 0.05) is 17.7 Å². The molecular weight excluding hydrogens is 217 g/mol. The van der Waals surface area contributed by atoms with Crippen molar-refractivity contribution in [2.24, 2.45) is 11.8 Å². The smallest absolute Gasteiger partial charge is 0.133 e. The minimum Gasteiger partial charge on any atom is -0.271 e. The van der Waals surface area contributed by atoms with Gasteiger partial charge in [-0.05, 0) is 12.3 Å². The minimum absolute atomic E-state index is 0.211. The van der Waals surface area contributed by atoms with Gasteiger partial charge in [-0.15, -0.1) is 0 Å². The molecule has 0 saturated carbocycles. The monoisotopic (exact) mass is 232 g/mol. The van der Waals surface area contributed by atoms with Crippen molar-refractivity contribution in [3.63, 3.8) is 0 Å². The van der Waals surface area contributed by atoms with Crippen molar-refractivity contribution < 1.29 is 13.2 Å². The van der Waals surface area contributed by atoms with Crippen molar-refractivity contribution in [1.82, 2.24) is 5.43 Å². The maximum Gasteiger partial charge on any atom is 0.133 e. The highest BCUT2D eigenvalue weighted by molar-refractivity contribution is 5.24. The molecule has 0 radical (unpaired) electrons. The van der Waals surface area contributed by atoms with Crippen molar-refractivity contribution in [2.75, 3.05) is 0 Å². The summed E-state index contributed by atoms with van der Waals surface area (Å²) in [6.45, 7) is 3.81. The fourth-order valence-electron chi connectivity index (χ4n) is 1.63. The summed E-state index contributed by atoms with van der Waals surface area (Å²) in [5.74, 6) is 2.70. The van der Waals surface area contributed by atoms with Gasteiger partial charge in [0.05, 0.1) is 6.04 Å². The molecule has 1 aromatic rings. The quantitative estimate of drug-likeness (QED) is 0.618. The van der Waals surface area contributed by atoms with E-state index >= 15 is 0 Å². The number of hydrogen-bond donors (Lipinski definition) is 2. The van der Waals surface area contributed by atoms with Gasteiger partial charge in [0.2, 0.25) is 0 Å². The van der Waals surface area contributed by atoms with E-state index in [1.165, 1.54) is 0 Å². The Hall–Kier alpha value is -1.07. The molecule has 0 spiro atoms. The Balaban J connectivity index is 3.09. The zero-order chi connectivity index (χ0) is 12.3. The number of rotatable bonds is 4. The number of halogens is 3. The van der Waals surface area contributed by atoms with Crippen LogP contribution in [0.25, 0.3) is 0 Å². The summed E-state index contributed by atoms with van der Waals surface area (Å²) in [6, 6.07) is 0.659. The van der Waals surface area contributed by atoms with Gasteiger partial charge in [0.1, 0.15) is 17.5 Å². The van der Waals surface area contributed by atoms with E-state index < -0.39 is 23.5 Å². The largest absolute Gasteiger partial charge is 0.271 e. The van der Waals surface area contributed by atoms with Gasteiger partial charge >= 0.3 is 0 Å². The maximum absolute atomic E-state index is 13.4. The fourth-order valence-corrected chi connectivity index (χ4v) is 1.63. The van der Waals surface area contributed by atoms with Crippen molar-refractivity contribution in [3.8, 4) is 0 Å².